The predicted octanol–water partition coefficient (Wildman–Crippen LogP) is 5.26. The Morgan fingerprint density at radius 1 is 0.971 bits per heavy atom. The van der Waals surface area contributed by atoms with Crippen molar-refractivity contribution < 1.29 is 22.7 Å². The number of hydrogen-bond acceptors (Lipinski definition) is 6. The van der Waals surface area contributed by atoms with Crippen molar-refractivity contribution in [3.8, 4) is 10.4 Å². The molecule has 7 nitrogen and oxygen atoms in total. The van der Waals surface area contributed by atoms with Crippen LogP contribution in [0.25, 0.3) is 10.4 Å². The molecule has 1 heterocycles. The van der Waals surface area contributed by atoms with Gasteiger partial charge >= 0.3 is 5.97 Å². The van der Waals surface area contributed by atoms with Crippen LogP contribution < -0.4 is 5.32 Å². The van der Waals surface area contributed by atoms with Gasteiger partial charge in [-0.25, -0.2) is 13.2 Å². The Labute approximate surface area is 204 Å². The molecule has 9 heteroatoms. The fraction of sp³-hybridized carbons (Fsp3) is 0.280. The number of nitrogens with zero attached hydrogens (tertiary/aromatic N) is 1. The van der Waals surface area contributed by atoms with Crippen LogP contribution >= 0.6 is 11.3 Å². The summed E-state index contributed by atoms with van der Waals surface area (Å²) >= 11 is 1.23. The Morgan fingerprint density at radius 3 is 2.15 bits per heavy atom. The molecular weight excluding hydrogens is 472 g/mol. The molecule has 0 aliphatic rings. The van der Waals surface area contributed by atoms with Gasteiger partial charge in [0.25, 0.3) is 5.91 Å². The quantitative estimate of drug-likeness (QED) is 0.383. The molecule has 0 saturated carbocycles. The lowest BCUT2D eigenvalue weighted by molar-refractivity contribution is 0.0607. The average Bonchev–Trinajstić information content (AvgIpc) is 3.27. The van der Waals surface area contributed by atoms with Gasteiger partial charge in [-0.3, -0.25) is 4.79 Å². The molecule has 0 unspecified atom stereocenters. The first-order chi connectivity index (χ1) is 16.3. The molecule has 0 radical (unpaired) electrons. The summed E-state index contributed by atoms with van der Waals surface area (Å²) in [5, 5.41) is 2.76. The maximum atomic E-state index is 12.9. The minimum absolute atomic E-state index is 0.142. The molecule has 0 saturated heterocycles. The van der Waals surface area contributed by atoms with Crippen LogP contribution in [0, 0.1) is 0 Å². The van der Waals surface area contributed by atoms with Gasteiger partial charge in [-0.2, -0.15) is 4.31 Å². The number of nitrogens with one attached hydrogen (secondary N) is 1. The Balaban J connectivity index is 1.85. The lowest BCUT2D eigenvalue weighted by atomic mass is 10.2. The number of amides is 1. The molecule has 3 aromatic rings. The van der Waals surface area contributed by atoms with Crippen molar-refractivity contribution in [2.45, 2.75) is 31.6 Å². The molecule has 34 heavy (non-hydrogen) atoms. The van der Waals surface area contributed by atoms with E-state index in [4.69, 9.17) is 4.74 Å². The number of carbonyl (C=O) groups excluding carboxylic acids is 2. The highest BCUT2D eigenvalue weighted by Crippen LogP contribution is 2.35. The van der Waals surface area contributed by atoms with Crippen LogP contribution in [0.1, 0.15) is 46.7 Å². The van der Waals surface area contributed by atoms with Gasteiger partial charge in [0.15, 0.2) is 0 Å². The van der Waals surface area contributed by atoms with E-state index >= 15 is 0 Å². The number of rotatable bonds is 10. The first-order valence-electron chi connectivity index (χ1n) is 11.0. The highest BCUT2D eigenvalue weighted by molar-refractivity contribution is 7.89. The van der Waals surface area contributed by atoms with Gasteiger partial charge in [0.2, 0.25) is 10.0 Å². The second-order valence-electron chi connectivity index (χ2n) is 7.59. The molecule has 1 aromatic heterocycles. The lowest BCUT2D eigenvalue weighted by Crippen LogP contribution is -2.32. The lowest BCUT2D eigenvalue weighted by Gasteiger charge is -2.21. The summed E-state index contributed by atoms with van der Waals surface area (Å²) in [5.41, 5.74) is 1.53. The summed E-state index contributed by atoms with van der Waals surface area (Å²) in [6.45, 7) is 4.75. The molecule has 0 aliphatic heterocycles. The second-order valence-corrected chi connectivity index (χ2v) is 10.6. The van der Waals surface area contributed by atoms with Crippen LogP contribution in [0.5, 0.6) is 0 Å². The van der Waals surface area contributed by atoms with Gasteiger partial charge < -0.3 is 10.1 Å². The molecular formula is C25H28N2O5S2. The normalized spacial score (nSPS) is 11.4. The maximum Gasteiger partial charge on any atom is 0.350 e. The number of thiophene rings is 1. The van der Waals surface area contributed by atoms with Crippen molar-refractivity contribution in [3.63, 3.8) is 0 Å². The first-order valence-corrected chi connectivity index (χ1v) is 13.3. The number of esters is 1. The zero-order chi connectivity index (χ0) is 24.7. The van der Waals surface area contributed by atoms with Crippen LogP contribution in [0.15, 0.2) is 65.6 Å². The second kappa shape index (κ2) is 11.4. The van der Waals surface area contributed by atoms with Crippen molar-refractivity contribution >= 4 is 38.9 Å². The molecule has 0 spiro atoms. The molecule has 1 N–H and O–H groups in total. The molecule has 1 amide bonds. The van der Waals surface area contributed by atoms with Crippen LogP contribution in [-0.2, 0) is 14.8 Å². The molecule has 0 fully saturated rings. The van der Waals surface area contributed by atoms with Gasteiger partial charge in [0.1, 0.15) is 4.88 Å². The van der Waals surface area contributed by atoms with Crippen molar-refractivity contribution in [1.82, 2.24) is 4.31 Å². The van der Waals surface area contributed by atoms with Crippen molar-refractivity contribution in [3.05, 3.63) is 71.1 Å². The predicted molar refractivity (Wildman–Crippen MR) is 135 cm³/mol. The number of methoxy groups -OCH3 is 1. The number of sulfonamides is 1. The Bertz CT molecular complexity index is 1230. The maximum absolute atomic E-state index is 12.9. The van der Waals surface area contributed by atoms with E-state index < -0.39 is 21.9 Å². The van der Waals surface area contributed by atoms with Crippen LogP contribution in [0.2, 0.25) is 0 Å². The van der Waals surface area contributed by atoms with Crippen LogP contribution in [0.3, 0.4) is 0 Å². The molecule has 0 bridgehead atoms. The summed E-state index contributed by atoms with van der Waals surface area (Å²) in [4.78, 5) is 26.4. The van der Waals surface area contributed by atoms with Crippen LogP contribution in [0.4, 0.5) is 5.69 Å². The molecule has 0 aliphatic carbocycles. The van der Waals surface area contributed by atoms with E-state index in [1.54, 1.807) is 6.07 Å². The van der Waals surface area contributed by atoms with E-state index in [9.17, 15) is 18.0 Å². The molecule has 3 rings (SSSR count). The van der Waals surface area contributed by atoms with E-state index in [0.717, 1.165) is 10.4 Å². The number of anilines is 1. The highest BCUT2D eigenvalue weighted by Gasteiger charge is 2.24. The van der Waals surface area contributed by atoms with Crippen LogP contribution in [-0.4, -0.2) is 44.8 Å². The third-order valence-corrected chi connectivity index (χ3v) is 8.19. The molecule has 2 aromatic carbocycles. The zero-order valence-electron chi connectivity index (χ0n) is 19.4. The summed E-state index contributed by atoms with van der Waals surface area (Å²) < 4.78 is 32.2. The average molecular weight is 501 g/mol. The Hall–Kier alpha value is -3.01. The third kappa shape index (κ3) is 5.72. The van der Waals surface area contributed by atoms with E-state index in [0.29, 0.717) is 31.6 Å². The highest BCUT2D eigenvalue weighted by atomic mass is 32.2. The van der Waals surface area contributed by atoms with Crippen molar-refractivity contribution in [2.75, 3.05) is 25.5 Å². The summed E-state index contributed by atoms with van der Waals surface area (Å²) in [5.74, 6) is -0.999. The Kier molecular flexibility index (Phi) is 8.60. The summed E-state index contributed by atoms with van der Waals surface area (Å²) in [6.07, 6.45) is 1.43. The van der Waals surface area contributed by atoms with Crippen molar-refractivity contribution in [2.24, 2.45) is 0 Å². The van der Waals surface area contributed by atoms with Gasteiger partial charge in [-0.05, 0) is 48.7 Å². The van der Waals surface area contributed by atoms with E-state index in [-0.39, 0.29) is 15.3 Å². The van der Waals surface area contributed by atoms with Gasteiger partial charge in [0, 0.05) is 23.5 Å². The van der Waals surface area contributed by atoms with Crippen molar-refractivity contribution in [1.29, 1.82) is 0 Å². The number of benzene rings is 2. The smallest absolute Gasteiger partial charge is 0.350 e. The minimum atomic E-state index is -3.63. The minimum Gasteiger partial charge on any atom is -0.465 e. The fourth-order valence-corrected chi connectivity index (χ4v) is 6.11. The zero-order valence-corrected chi connectivity index (χ0v) is 21.0. The summed E-state index contributed by atoms with van der Waals surface area (Å²) in [6, 6.07) is 17.1. The largest absolute Gasteiger partial charge is 0.465 e. The third-order valence-electron chi connectivity index (χ3n) is 5.11. The van der Waals surface area contributed by atoms with E-state index in [1.165, 1.54) is 47.0 Å². The SMILES string of the molecule is CCCN(CCC)S(=O)(=O)c1ccc(C(=O)Nc2cc(-c3ccccc3)sc2C(=O)OC)cc1. The standard InChI is InChI=1S/C25H28N2O5S2/c1-4-15-27(16-5-2)34(30,31)20-13-11-19(12-14-20)24(28)26-21-17-22(18-9-7-6-8-10-18)33-23(21)25(29)32-3/h6-14,17H,4-5,15-16H2,1-3H3,(H,26,28). The Morgan fingerprint density at radius 2 is 1.59 bits per heavy atom. The number of ether oxygens (including phenoxy) is 1. The molecule has 0 atom stereocenters. The fourth-order valence-electron chi connectivity index (χ4n) is 3.45. The topological polar surface area (TPSA) is 92.8 Å². The molecule has 180 valence electrons. The van der Waals surface area contributed by atoms with E-state index in [1.807, 2.05) is 44.2 Å². The first kappa shape index (κ1) is 25.6. The van der Waals surface area contributed by atoms with E-state index in [2.05, 4.69) is 5.32 Å². The number of hydrogen-bond donors (Lipinski definition) is 1. The van der Waals surface area contributed by atoms with Gasteiger partial charge in [0.05, 0.1) is 17.7 Å². The van der Waals surface area contributed by atoms with Gasteiger partial charge in [-0.15, -0.1) is 11.3 Å². The number of carbonyl (C=O) groups is 2. The monoisotopic (exact) mass is 500 g/mol. The van der Waals surface area contributed by atoms with Gasteiger partial charge in [-0.1, -0.05) is 44.2 Å². The summed E-state index contributed by atoms with van der Waals surface area (Å²) in [7, 11) is -2.35.